The molecule has 0 amide bonds. The molecule has 2 rings (SSSR count). The molecule has 1 saturated carbocycles. The molecule has 5 nitrogen and oxygen atoms in total. The van der Waals surface area contributed by atoms with Gasteiger partial charge in [-0.3, -0.25) is 0 Å². The van der Waals surface area contributed by atoms with Gasteiger partial charge in [-0.2, -0.15) is 4.98 Å². The third-order valence-corrected chi connectivity index (χ3v) is 3.23. The van der Waals surface area contributed by atoms with Gasteiger partial charge < -0.3 is 15.4 Å². The smallest absolute Gasteiger partial charge is 0.246 e. The molecule has 90 valence electrons. The van der Waals surface area contributed by atoms with Gasteiger partial charge >= 0.3 is 0 Å². The number of nitrogens with zero attached hydrogens (tertiary/aromatic N) is 2. The lowest BCUT2D eigenvalue weighted by Gasteiger charge is -2.22. The molecule has 0 spiro atoms. The summed E-state index contributed by atoms with van der Waals surface area (Å²) < 4.78 is 5.22. The summed E-state index contributed by atoms with van der Waals surface area (Å²) in [5.74, 6) is 1.09. The summed E-state index contributed by atoms with van der Waals surface area (Å²) in [5, 5.41) is 12.6. The summed E-state index contributed by atoms with van der Waals surface area (Å²) >= 11 is 0. The van der Waals surface area contributed by atoms with Crippen LogP contribution in [0.4, 0.5) is 0 Å². The summed E-state index contributed by atoms with van der Waals surface area (Å²) in [4.78, 5) is 4.27. The van der Waals surface area contributed by atoms with Gasteiger partial charge in [-0.05, 0) is 12.8 Å². The predicted octanol–water partition coefficient (Wildman–Crippen LogP) is 1.11. The van der Waals surface area contributed by atoms with Crippen LogP contribution in [0.5, 0.6) is 0 Å². The van der Waals surface area contributed by atoms with Gasteiger partial charge in [0.2, 0.25) is 5.89 Å². The van der Waals surface area contributed by atoms with E-state index in [1.807, 2.05) is 0 Å². The van der Waals surface area contributed by atoms with E-state index in [1.165, 1.54) is 12.8 Å². The molecule has 0 bridgehead atoms. The van der Waals surface area contributed by atoms with E-state index in [-0.39, 0.29) is 6.61 Å². The molecule has 5 heteroatoms. The highest BCUT2D eigenvalue weighted by molar-refractivity contribution is 5.03. The molecule has 1 aromatic heterocycles. The fraction of sp³-hybridized carbons (Fsp3) is 0.818. The van der Waals surface area contributed by atoms with Crippen LogP contribution in [0.15, 0.2) is 4.52 Å². The highest BCUT2D eigenvalue weighted by atomic mass is 16.5. The van der Waals surface area contributed by atoms with Gasteiger partial charge in [-0.25, -0.2) is 0 Å². The van der Waals surface area contributed by atoms with Crippen molar-refractivity contribution in [2.75, 3.05) is 6.61 Å². The summed E-state index contributed by atoms with van der Waals surface area (Å²) in [6, 6.07) is 0. The van der Waals surface area contributed by atoms with Crippen LogP contribution in [0.25, 0.3) is 0 Å². The van der Waals surface area contributed by atoms with Crippen molar-refractivity contribution in [1.82, 2.24) is 10.1 Å². The van der Waals surface area contributed by atoms with E-state index in [9.17, 15) is 0 Å². The van der Waals surface area contributed by atoms with Crippen LogP contribution in [0.1, 0.15) is 50.2 Å². The summed E-state index contributed by atoms with van der Waals surface area (Å²) in [7, 11) is 0. The number of aromatic nitrogens is 2. The first-order valence-corrected chi connectivity index (χ1v) is 5.97. The minimum Gasteiger partial charge on any atom is -0.396 e. The standard InChI is InChI=1S/C11H19N3O2/c12-11(6-3-1-2-4-7-11)10-13-9(5-8-15)14-16-10/h15H,1-8,12H2. The fourth-order valence-corrected chi connectivity index (χ4v) is 2.23. The highest BCUT2D eigenvalue weighted by Crippen LogP contribution is 2.32. The molecule has 1 aliphatic carbocycles. The fourth-order valence-electron chi connectivity index (χ4n) is 2.23. The van der Waals surface area contributed by atoms with Crippen molar-refractivity contribution in [2.24, 2.45) is 5.73 Å². The highest BCUT2D eigenvalue weighted by Gasteiger charge is 2.33. The Balaban J connectivity index is 2.13. The summed E-state index contributed by atoms with van der Waals surface area (Å²) in [5.41, 5.74) is 5.88. The van der Waals surface area contributed by atoms with Crippen LogP contribution < -0.4 is 5.73 Å². The van der Waals surface area contributed by atoms with Crippen molar-refractivity contribution in [3.63, 3.8) is 0 Å². The molecule has 1 aromatic rings. The Hall–Kier alpha value is -0.940. The maximum Gasteiger partial charge on any atom is 0.246 e. The molecule has 1 heterocycles. The van der Waals surface area contributed by atoms with Crippen molar-refractivity contribution in [3.05, 3.63) is 11.7 Å². The quantitative estimate of drug-likeness (QED) is 0.753. The molecule has 0 aromatic carbocycles. The average Bonchev–Trinajstić information content (AvgIpc) is 2.63. The SMILES string of the molecule is NC1(c2nc(CCO)no2)CCCCCC1. The topological polar surface area (TPSA) is 85.2 Å². The molecule has 1 aliphatic rings. The molecular formula is C11H19N3O2. The number of aliphatic hydroxyl groups is 1. The Morgan fingerprint density at radius 2 is 1.94 bits per heavy atom. The number of aliphatic hydroxyl groups excluding tert-OH is 1. The molecule has 16 heavy (non-hydrogen) atoms. The normalized spacial score (nSPS) is 20.6. The van der Waals surface area contributed by atoms with E-state index < -0.39 is 5.54 Å². The maximum absolute atomic E-state index is 8.80. The third-order valence-electron chi connectivity index (χ3n) is 3.23. The monoisotopic (exact) mass is 225 g/mol. The lowest BCUT2D eigenvalue weighted by atomic mass is 9.91. The zero-order chi connectivity index (χ0) is 11.4. The number of hydrogen-bond acceptors (Lipinski definition) is 5. The first kappa shape index (κ1) is 11.5. The van der Waals surface area contributed by atoms with Crippen molar-refractivity contribution >= 4 is 0 Å². The van der Waals surface area contributed by atoms with E-state index in [0.29, 0.717) is 18.1 Å². The Morgan fingerprint density at radius 3 is 2.56 bits per heavy atom. The largest absolute Gasteiger partial charge is 0.396 e. The van der Waals surface area contributed by atoms with Gasteiger partial charge in [0.05, 0.1) is 12.1 Å². The predicted molar refractivity (Wildman–Crippen MR) is 58.7 cm³/mol. The zero-order valence-corrected chi connectivity index (χ0v) is 9.48. The Kier molecular flexibility index (Phi) is 3.56. The van der Waals surface area contributed by atoms with Gasteiger partial charge in [0.15, 0.2) is 5.82 Å². The first-order chi connectivity index (χ1) is 7.74. The lowest BCUT2D eigenvalue weighted by molar-refractivity contribution is 0.255. The minimum atomic E-state index is -0.447. The summed E-state index contributed by atoms with van der Waals surface area (Å²) in [6.07, 6.45) is 6.96. The van der Waals surface area contributed by atoms with Crippen molar-refractivity contribution in [3.8, 4) is 0 Å². The number of rotatable bonds is 3. The second kappa shape index (κ2) is 4.93. The van der Waals surface area contributed by atoms with Crippen molar-refractivity contribution < 1.29 is 9.63 Å². The van der Waals surface area contributed by atoms with E-state index in [1.54, 1.807) is 0 Å². The minimum absolute atomic E-state index is 0.0382. The second-order valence-corrected chi connectivity index (χ2v) is 4.56. The van der Waals surface area contributed by atoms with Crippen LogP contribution in [0.3, 0.4) is 0 Å². The van der Waals surface area contributed by atoms with Gasteiger partial charge in [0.1, 0.15) is 0 Å². The van der Waals surface area contributed by atoms with Gasteiger partial charge in [-0.15, -0.1) is 0 Å². The van der Waals surface area contributed by atoms with Crippen molar-refractivity contribution in [2.45, 2.75) is 50.5 Å². The molecule has 0 radical (unpaired) electrons. The van der Waals surface area contributed by atoms with E-state index in [4.69, 9.17) is 15.4 Å². The van der Waals surface area contributed by atoms with E-state index in [0.717, 1.165) is 25.7 Å². The average molecular weight is 225 g/mol. The molecule has 1 fully saturated rings. The Bertz CT molecular complexity index is 330. The molecule has 0 aliphatic heterocycles. The van der Waals surface area contributed by atoms with E-state index >= 15 is 0 Å². The number of hydrogen-bond donors (Lipinski definition) is 2. The second-order valence-electron chi connectivity index (χ2n) is 4.56. The molecule has 0 atom stereocenters. The van der Waals surface area contributed by atoms with Gasteiger partial charge in [0.25, 0.3) is 0 Å². The van der Waals surface area contributed by atoms with Crippen LogP contribution >= 0.6 is 0 Å². The molecule has 0 saturated heterocycles. The lowest BCUT2D eigenvalue weighted by Crippen LogP contribution is -2.36. The van der Waals surface area contributed by atoms with E-state index in [2.05, 4.69) is 10.1 Å². The van der Waals surface area contributed by atoms with Crippen LogP contribution in [0, 0.1) is 0 Å². The van der Waals surface area contributed by atoms with Crippen molar-refractivity contribution in [1.29, 1.82) is 0 Å². The van der Waals surface area contributed by atoms with Crippen LogP contribution in [0.2, 0.25) is 0 Å². The third kappa shape index (κ3) is 2.41. The van der Waals surface area contributed by atoms with Gasteiger partial charge in [-0.1, -0.05) is 30.8 Å². The first-order valence-electron chi connectivity index (χ1n) is 5.97. The Labute approximate surface area is 95.0 Å². The summed E-state index contributed by atoms with van der Waals surface area (Å²) in [6.45, 7) is 0.0382. The molecule has 3 N–H and O–H groups in total. The molecule has 0 unspecified atom stereocenters. The number of nitrogens with two attached hydrogens (primary N) is 1. The molecular weight excluding hydrogens is 206 g/mol. The van der Waals surface area contributed by atoms with Gasteiger partial charge in [0, 0.05) is 6.42 Å². The van der Waals surface area contributed by atoms with Crippen LogP contribution in [-0.2, 0) is 12.0 Å². The zero-order valence-electron chi connectivity index (χ0n) is 9.48. The maximum atomic E-state index is 8.80. The Morgan fingerprint density at radius 1 is 1.25 bits per heavy atom. The van der Waals surface area contributed by atoms with Crippen LogP contribution in [-0.4, -0.2) is 21.9 Å².